The molecule has 2 amide bonds. The zero-order chi connectivity index (χ0) is 22.5. The molecule has 3 aromatic rings. The molecular weight excluding hydrogens is 428 g/mol. The first kappa shape index (κ1) is 20.4. The number of nitrogens with one attached hydrogen (secondary N) is 1. The van der Waals surface area contributed by atoms with Gasteiger partial charge in [0.1, 0.15) is 5.82 Å². The van der Waals surface area contributed by atoms with E-state index in [2.05, 4.69) is 10.4 Å². The van der Waals surface area contributed by atoms with Crippen LogP contribution < -0.4 is 10.2 Å². The molecule has 0 radical (unpaired) electrons. The van der Waals surface area contributed by atoms with Crippen molar-refractivity contribution in [1.82, 2.24) is 9.78 Å². The summed E-state index contributed by atoms with van der Waals surface area (Å²) in [5.41, 5.74) is 3.44. The predicted octanol–water partition coefficient (Wildman–Crippen LogP) is 2.60. The van der Waals surface area contributed by atoms with Crippen LogP contribution >= 0.6 is 0 Å². The number of para-hydroxylation sites is 2. The van der Waals surface area contributed by atoms with Gasteiger partial charge >= 0.3 is 0 Å². The van der Waals surface area contributed by atoms with Crippen molar-refractivity contribution in [2.45, 2.75) is 24.9 Å². The maximum Gasteiger partial charge on any atom is 0.230 e. The van der Waals surface area contributed by atoms with Gasteiger partial charge in [-0.1, -0.05) is 36.4 Å². The van der Waals surface area contributed by atoms with Gasteiger partial charge in [-0.15, -0.1) is 0 Å². The molecule has 5 rings (SSSR count). The van der Waals surface area contributed by atoms with Crippen LogP contribution in [0.25, 0.3) is 5.69 Å². The van der Waals surface area contributed by atoms with Gasteiger partial charge in [-0.2, -0.15) is 5.10 Å². The van der Waals surface area contributed by atoms with Gasteiger partial charge in [-0.05, 0) is 30.7 Å². The van der Waals surface area contributed by atoms with Gasteiger partial charge in [0.25, 0.3) is 0 Å². The first-order chi connectivity index (χ1) is 15.3. The van der Waals surface area contributed by atoms with Crippen LogP contribution in [0.1, 0.15) is 23.2 Å². The van der Waals surface area contributed by atoms with Crippen molar-refractivity contribution in [1.29, 1.82) is 0 Å². The number of anilines is 2. The molecule has 0 unspecified atom stereocenters. The van der Waals surface area contributed by atoms with Gasteiger partial charge in [0.15, 0.2) is 9.84 Å². The van der Waals surface area contributed by atoms with Crippen LogP contribution in [0.15, 0.2) is 54.6 Å². The Hall–Kier alpha value is -3.46. The molecule has 0 saturated carbocycles. The Labute approximate surface area is 185 Å². The molecule has 1 atom stereocenters. The largest absolute Gasteiger partial charge is 0.312 e. The number of fused-ring (bicyclic) bond motifs is 1. The number of nitrogens with zero attached hydrogens (tertiary/aromatic N) is 3. The van der Waals surface area contributed by atoms with Gasteiger partial charge in [0, 0.05) is 24.2 Å². The first-order valence-corrected chi connectivity index (χ1v) is 12.2. The summed E-state index contributed by atoms with van der Waals surface area (Å²) in [7, 11) is -3.29. The standard InChI is InChI=1S/C23H22N4O4S/c1-15-7-5-6-10-20(15)27-22(18-13-32(30,31)14-19(18)25-27)24-23(29)16-11-21(28)26(12-16)17-8-3-2-4-9-17/h2-10,16H,11-14H2,1H3,(H,24,29)/t16-/m0/s1. The van der Waals surface area contributed by atoms with E-state index in [0.717, 1.165) is 16.9 Å². The third kappa shape index (κ3) is 3.58. The Morgan fingerprint density at radius 3 is 2.53 bits per heavy atom. The van der Waals surface area contributed by atoms with Crippen LogP contribution in [-0.4, -0.2) is 36.6 Å². The molecule has 2 aromatic carbocycles. The molecule has 2 aliphatic heterocycles. The van der Waals surface area contributed by atoms with Crippen LogP contribution in [0.3, 0.4) is 0 Å². The van der Waals surface area contributed by atoms with Gasteiger partial charge in [-0.3, -0.25) is 9.59 Å². The van der Waals surface area contributed by atoms with Crippen molar-refractivity contribution < 1.29 is 18.0 Å². The summed E-state index contributed by atoms with van der Waals surface area (Å²) < 4.78 is 26.0. The van der Waals surface area contributed by atoms with E-state index < -0.39 is 15.8 Å². The number of amides is 2. The SMILES string of the molecule is Cc1ccccc1-n1nc2c(c1NC(=O)[C@H]1CC(=O)N(c3ccccc3)C1)CS(=O)(=O)C2. The van der Waals surface area contributed by atoms with Crippen molar-refractivity contribution in [2.24, 2.45) is 5.92 Å². The molecule has 9 heteroatoms. The molecule has 1 saturated heterocycles. The molecule has 0 aliphatic carbocycles. The predicted molar refractivity (Wildman–Crippen MR) is 120 cm³/mol. The number of aromatic nitrogens is 2. The first-order valence-electron chi connectivity index (χ1n) is 10.4. The monoisotopic (exact) mass is 450 g/mol. The molecule has 8 nitrogen and oxygen atoms in total. The highest BCUT2D eigenvalue weighted by molar-refractivity contribution is 7.90. The summed E-state index contributed by atoms with van der Waals surface area (Å²) in [6, 6.07) is 16.8. The van der Waals surface area contributed by atoms with Crippen LogP contribution in [0.2, 0.25) is 0 Å². The van der Waals surface area contributed by atoms with E-state index >= 15 is 0 Å². The molecule has 1 fully saturated rings. The second-order valence-electron chi connectivity index (χ2n) is 8.23. The van der Waals surface area contributed by atoms with Gasteiger partial charge in [0.05, 0.1) is 28.8 Å². The summed E-state index contributed by atoms with van der Waals surface area (Å²) in [5, 5.41) is 7.43. The highest BCUT2D eigenvalue weighted by Gasteiger charge is 2.38. The fraction of sp³-hybridized carbons (Fsp3) is 0.261. The van der Waals surface area contributed by atoms with Crippen LogP contribution in [0.4, 0.5) is 11.5 Å². The van der Waals surface area contributed by atoms with Gasteiger partial charge < -0.3 is 10.2 Å². The maximum absolute atomic E-state index is 13.2. The number of hydrogen-bond donors (Lipinski definition) is 1. The van der Waals surface area contributed by atoms with Crippen LogP contribution in [-0.2, 0) is 30.9 Å². The Morgan fingerprint density at radius 1 is 1.06 bits per heavy atom. The number of carbonyl (C=O) groups is 2. The number of hydrogen-bond acceptors (Lipinski definition) is 5. The summed E-state index contributed by atoms with van der Waals surface area (Å²) >= 11 is 0. The summed E-state index contributed by atoms with van der Waals surface area (Å²) in [4.78, 5) is 27.3. The number of aryl methyl sites for hydroxylation is 1. The maximum atomic E-state index is 13.2. The minimum Gasteiger partial charge on any atom is -0.312 e. The molecule has 2 aliphatic rings. The highest BCUT2D eigenvalue weighted by Crippen LogP contribution is 2.34. The second-order valence-corrected chi connectivity index (χ2v) is 10.3. The lowest BCUT2D eigenvalue weighted by Crippen LogP contribution is -2.29. The lowest BCUT2D eigenvalue weighted by molar-refractivity contribution is -0.122. The fourth-order valence-corrected chi connectivity index (χ4v) is 5.80. The van der Waals surface area contributed by atoms with Crippen LogP contribution in [0.5, 0.6) is 0 Å². The zero-order valence-corrected chi connectivity index (χ0v) is 18.3. The van der Waals surface area contributed by atoms with E-state index in [0.29, 0.717) is 17.1 Å². The number of benzene rings is 2. The molecular formula is C23H22N4O4S. The number of rotatable bonds is 4. The lowest BCUT2D eigenvalue weighted by atomic mass is 10.1. The fourth-order valence-electron chi connectivity index (χ4n) is 4.31. The normalized spacial score (nSPS) is 19.2. The second kappa shape index (κ2) is 7.59. The molecule has 1 aromatic heterocycles. The lowest BCUT2D eigenvalue weighted by Gasteiger charge is -2.17. The Balaban J connectivity index is 1.46. The molecule has 0 bridgehead atoms. The third-order valence-corrected chi connectivity index (χ3v) is 7.38. The van der Waals surface area contributed by atoms with Crippen molar-refractivity contribution >= 4 is 33.2 Å². The summed E-state index contributed by atoms with van der Waals surface area (Å²) in [5.74, 6) is -0.921. The van der Waals surface area contributed by atoms with E-state index in [-0.39, 0.29) is 36.3 Å². The van der Waals surface area contributed by atoms with Gasteiger partial charge in [-0.25, -0.2) is 13.1 Å². The Bertz CT molecular complexity index is 1330. The van der Waals surface area contributed by atoms with E-state index in [1.807, 2.05) is 61.5 Å². The van der Waals surface area contributed by atoms with Crippen LogP contribution in [0, 0.1) is 12.8 Å². The molecule has 0 spiro atoms. The van der Waals surface area contributed by atoms with Crippen molar-refractivity contribution in [3.05, 3.63) is 71.4 Å². The Kier molecular flexibility index (Phi) is 4.85. The van der Waals surface area contributed by atoms with Crippen molar-refractivity contribution in [3.8, 4) is 5.69 Å². The minimum absolute atomic E-state index is 0.0969. The number of sulfone groups is 1. The van der Waals surface area contributed by atoms with Crippen molar-refractivity contribution in [2.75, 3.05) is 16.8 Å². The summed E-state index contributed by atoms with van der Waals surface area (Å²) in [6.45, 7) is 2.20. The average Bonchev–Trinajstić information content (AvgIpc) is 3.39. The molecule has 3 heterocycles. The average molecular weight is 451 g/mol. The smallest absolute Gasteiger partial charge is 0.230 e. The van der Waals surface area contributed by atoms with E-state index in [1.165, 1.54) is 0 Å². The number of carbonyl (C=O) groups excluding carboxylic acids is 2. The van der Waals surface area contributed by atoms with Gasteiger partial charge in [0.2, 0.25) is 11.8 Å². The highest BCUT2D eigenvalue weighted by atomic mass is 32.2. The topological polar surface area (TPSA) is 101 Å². The van der Waals surface area contributed by atoms with E-state index in [1.54, 1.807) is 9.58 Å². The summed E-state index contributed by atoms with van der Waals surface area (Å²) in [6.07, 6.45) is 0.0969. The quantitative estimate of drug-likeness (QED) is 0.658. The zero-order valence-electron chi connectivity index (χ0n) is 17.5. The van der Waals surface area contributed by atoms with E-state index in [9.17, 15) is 18.0 Å². The Morgan fingerprint density at radius 2 is 1.78 bits per heavy atom. The van der Waals surface area contributed by atoms with Crippen molar-refractivity contribution in [3.63, 3.8) is 0 Å². The third-order valence-electron chi connectivity index (χ3n) is 5.94. The minimum atomic E-state index is -3.29. The van der Waals surface area contributed by atoms with E-state index in [4.69, 9.17) is 0 Å². The molecule has 32 heavy (non-hydrogen) atoms. The molecule has 164 valence electrons. The molecule has 1 N–H and O–H groups in total.